The lowest BCUT2D eigenvalue weighted by atomic mass is 10.0. The molecule has 3 aromatic rings. The zero-order valence-corrected chi connectivity index (χ0v) is 20.8. The van der Waals surface area contributed by atoms with Crippen LogP contribution in [0.4, 0.5) is 16.4 Å². The molecule has 2 aromatic carbocycles. The van der Waals surface area contributed by atoms with Crippen LogP contribution < -0.4 is 21.3 Å². The average molecular weight is 519 g/mol. The summed E-state index contributed by atoms with van der Waals surface area (Å²) in [4.78, 5) is 47.0. The van der Waals surface area contributed by atoms with Gasteiger partial charge in [0.25, 0.3) is 5.91 Å². The highest BCUT2D eigenvalue weighted by Crippen LogP contribution is 2.22. The molecule has 1 atom stereocenters. The summed E-state index contributed by atoms with van der Waals surface area (Å²) in [5.41, 5.74) is 7.96. The molecule has 4 N–H and O–H groups in total. The minimum absolute atomic E-state index is 0.0352. The Morgan fingerprint density at radius 1 is 0.974 bits per heavy atom. The van der Waals surface area contributed by atoms with E-state index in [9.17, 15) is 14.4 Å². The molecule has 0 bridgehead atoms. The number of hydrogen-bond acceptors (Lipinski definition) is 10. The van der Waals surface area contributed by atoms with Gasteiger partial charge in [-0.05, 0) is 48.7 Å². The lowest BCUT2D eigenvalue weighted by Gasteiger charge is -2.34. The number of ether oxygens (including phenoxy) is 2. The highest BCUT2D eigenvalue weighted by atomic mass is 16.7. The van der Waals surface area contributed by atoms with Gasteiger partial charge in [0, 0.05) is 49.3 Å². The number of esters is 1. The maximum absolute atomic E-state index is 12.5. The summed E-state index contributed by atoms with van der Waals surface area (Å²) >= 11 is 0. The lowest BCUT2D eigenvalue weighted by molar-refractivity contribution is -0.141. The average Bonchev–Trinajstić information content (AvgIpc) is 2.96. The molecule has 198 valence electrons. The molecule has 0 aliphatic carbocycles. The Hall–Kier alpha value is -4.51. The Morgan fingerprint density at radius 2 is 1.66 bits per heavy atom. The third kappa shape index (κ3) is 7.74. The quantitative estimate of drug-likeness (QED) is 0.285. The molecule has 1 aromatic heterocycles. The molecule has 1 aliphatic heterocycles. The number of carbonyl (C=O) groups is 3. The zero-order valence-electron chi connectivity index (χ0n) is 20.8. The smallest absolute Gasteiger partial charge is 0.429 e. The molecule has 1 aliphatic rings. The van der Waals surface area contributed by atoms with E-state index in [-0.39, 0.29) is 13.2 Å². The fourth-order valence-corrected chi connectivity index (χ4v) is 3.95. The maximum Gasteiger partial charge on any atom is 0.516 e. The predicted octanol–water partition coefficient (Wildman–Crippen LogP) is 2.49. The molecule has 0 saturated carbocycles. The van der Waals surface area contributed by atoms with Crippen LogP contribution in [-0.2, 0) is 20.9 Å². The van der Waals surface area contributed by atoms with Crippen LogP contribution in [0, 0.1) is 0 Å². The minimum atomic E-state index is -1.22. The topological polar surface area (TPSA) is 149 Å². The summed E-state index contributed by atoms with van der Waals surface area (Å²) in [6.45, 7) is 1.49. The number of benzene rings is 2. The van der Waals surface area contributed by atoms with E-state index in [2.05, 4.69) is 30.2 Å². The van der Waals surface area contributed by atoms with Crippen molar-refractivity contribution in [1.82, 2.24) is 15.3 Å². The van der Waals surface area contributed by atoms with Crippen molar-refractivity contribution < 1.29 is 23.9 Å². The van der Waals surface area contributed by atoms with Gasteiger partial charge in [-0.1, -0.05) is 30.3 Å². The van der Waals surface area contributed by atoms with Gasteiger partial charge < -0.3 is 30.7 Å². The second-order valence-corrected chi connectivity index (χ2v) is 8.79. The van der Waals surface area contributed by atoms with Crippen molar-refractivity contribution in [3.63, 3.8) is 0 Å². The Morgan fingerprint density at radius 3 is 2.34 bits per heavy atom. The van der Waals surface area contributed by atoms with Crippen molar-refractivity contribution >= 4 is 29.7 Å². The Bertz CT molecular complexity index is 1200. The number of hydrogen-bond donors (Lipinski definition) is 3. The Kier molecular flexibility index (Phi) is 9.19. The van der Waals surface area contributed by atoms with Crippen molar-refractivity contribution in [3.8, 4) is 0 Å². The molecule has 1 saturated heterocycles. The van der Waals surface area contributed by atoms with Gasteiger partial charge in [-0.25, -0.2) is 19.6 Å². The van der Waals surface area contributed by atoms with Gasteiger partial charge in [0.1, 0.15) is 12.6 Å². The second kappa shape index (κ2) is 13.2. The number of aromatic nitrogens is 2. The molecular weight excluding hydrogens is 488 g/mol. The first kappa shape index (κ1) is 26.6. The summed E-state index contributed by atoms with van der Waals surface area (Å²) in [5, 5.41) is 5.95. The van der Waals surface area contributed by atoms with Gasteiger partial charge in [0.05, 0.1) is 0 Å². The summed E-state index contributed by atoms with van der Waals surface area (Å²) in [6.07, 6.45) is 4.16. The van der Waals surface area contributed by atoms with E-state index in [1.54, 1.807) is 54.9 Å². The predicted molar refractivity (Wildman–Crippen MR) is 140 cm³/mol. The molecular formula is C27H30N6O5. The Labute approximate surface area is 220 Å². The largest absolute Gasteiger partial charge is 0.516 e. The van der Waals surface area contributed by atoms with Gasteiger partial charge >= 0.3 is 12.1 Å². The molecule has 0 unspecified atom stereocenters. The van der Waals surface area contributed by atoms with Gasteiger partial charge in [-0.15, -0.1) is 0 Å². The van der Waals surface area contributed by atoms with Crippen LogP contribution in [0.25, 0.3) is 0 Å². The third-order valence-electron chi connectivity index (χ3n) is 6.06. The van der Waals surface area contributed by atoms with E-state index in [1.165, 1.54) is 0 Å². The number of nitrogens with one attached hydrogen (secondary N) is 2. The van der Waals surface area contributed by atoms with Crippen LogP contribution in [-0.4, -0.2) is 59.7 Å². The van der Waals surface area contributed by atoms with Gasteiger partial charge in [0.15, 0.2) is 0 Å². The number of rotatable bonds is 9. The van der Waals surface area contributed by atoms with E-state index < -0.39 is 24.1 Å². The highest BCUT2D eigenvalue weighted by molar-refractivity contribution is 5.95. The van der Waals surface area contributed by atoms with E-state index in [0.29, 0.717) is 17.6 Å². The molecule has 0 spiro atoms. The summed E-state index contributed by atoms with van der Waals surface area (Å²) in [6, 6.07) is 17.0. The third-order valence-corrected chi connectivity index (χ3v) is 6.06. The van der Waals surface area contributed by atoms with Gasteiger partial charge in [-0.3, -0.25) is 4.79 Å². The van der Waals surface area contributed by atoms with Crippen molar-refractivity contribution in [1.29, 1.82) is 0 Å². The molecule has 11 nitrogen and oxygen atoms in total. The Balaban J connectivity index is 1.17. The van der Waals surface area contributed by atoms with Crippen molar-refractivity contribution in [2.45, 2.75) is 31.5 Å². The molecule has 1 fully saturated rings. The SMILES string of the molecule is N[C@@H](CNC(=O)c1ccc(N2CCC(Nc3ncccn3)CC2)cc1)C(=O)OC(=O)OCc1ccccc1. The number of amides is 1. The zero-order chi connectivity index (χ0) is 26.7. The standard InChI is InChI=1S/C27H30N6O5/c28-23(25(35)38-27(36)37-18-19-5-2-1-3-6-19)17-31-24(34)20-7-9-22(10-8-20)33-15-11-21(12-16-33)32-26-29-13-4-14-30-26/h1-10,13-14,21,23H,11-12,15-18,28H2,(H,31,34)(H,29,30,32)/t23-/m0/s1. The number of nitrogens with two attached hydrogens (primary N) is 1. The fourth-order valence-electron chi connectivity index (χ4n) is 3.95. The molecule has 2 heterocycles. The fraction of sp³-hybridized carbons (Fsp3) is 0.296. The van der Waals surface area contributed by atoms with Gasteiger partial charge in [0.2, 0.25) is 5.95 Å². The van der Waals surface area contributed by atoms with E-state index in [1.807, 2.05) is 18.2 Å². The van der Waals surface area contributed by atoms with Crippen LogP contribution in [0.5, 0.6) is 0 Å². The first-order chi connectivity index (χ1) is 18.5. The number of piperidine rings is 1. The number of anilines is 2. The summed E-state index contributed by atoms with van der Waals surface area (Å²) in [7, 11) is 0. The monoisotopic (exact) mass is 518 g/mol. The van der Waals surface area contributed by atoms with Crippen LogP contribution in [0.3, 0.4) is 0 Å². The van der Waals surface area contributed by atoms with Crippen LogP contribution in [0.1, 0.15) is 28.8 Å². The summed E-state index contributed by atoms with van der Waals surface area (Å²) in [5.74, 6) is -0.745. The lowest BCUT2D eigenvalue weighted by Crippen LogP contribution is -2.44. The van der Waals surface area contributed by atoms with Gasteiger partial charge in [-0.2, -0.15) is 0 Å². The van der Waals surface area contributed by atoms with E-state index >= 15 is 0 Å². The van der Waals surface area contributed by atoms with Crippen molar-refractivity contribution in [2.24, 2.45) is 5.73 Å². The van der Waals surface area contributed by atoms with Crippen molar-refractivity contribution in [2.75, 3.05) is 29.9 Å². The first-order valence-electron chi connectivity index (χ1n) is 12.3. The van der Waals surface area contributed by atoms with Crippen LogP contribution in [0.2, 0.25) is 0 Å². The highest BCUT2D eigenvalue weighted by Gasteiger charge is 2.22. The molecule has 4 rings (SSSR count). The minimum Gasteiger partial charge on any atom is -0.429 e. The van der Waals surface area contributed by atoms with E-state index in [0.717, 1.165) is 37.2 Å². The van der Waals surface area contributed by atoms with Crippen LogP contribution in [0.15, 0.2) is 73.1 Å². The normalized spacial score (nSPS) is 14.3. The number of carbonyl (C=O) groups excluding carboxylic acids is 3. The molecule has 11 heteroatoms. The van der Waals surface area contributed by atoms with Crippen LogP contribution >= 0.6 is 0 Å². The van der Waals surface area contributed by atoms with E-state index in [4.69, 9.17) is 10.5 Å². The number of nitrogens with zero attached hydrogens (tertiary/aromatic N) is 3. The maximum atomic E-state index is 12.5. The van der Waals surface area contributed by atoms with Crippen molar-refractivity contribution in [3.05, 3.63) is 84.2 Å². The molecule has 1 amide bonds. The first-order valence-corrected chi connectivity index (χ1v) is 12.3. The molecule has 38 heavy (non-hydrogen) atoms. The molecule has 0 radical (unpaired) electrons. The second-order valence-electron chi connectivity index (χ2n) is 8.79. The summed E-state index contributed by atoms with van der Waals surface area (Å²) < 4.78 is 9.50.